The van der Waals surface area contributed by atoms with Crippen LogP contribution in [0.2, 0.25) is 0 Å². The van der Waals surface area contributed by atoms with E-state index < -0.39 is 46.7 Å². The van der Waals surface area contributed by atoms with E-state index in [1.807, 2.05) is 45.2 Å². The zero-order valence-electron chi connectivity index (χ0n) is 36.7. The summed E-state index contributed by atoms with van der Waals surface area (Å²) in [4.78, 5) is 62.4. The predicted molar refractivity (Wildman–Crippen MR) is 231 cm³/mol. The zero-order valence-corrected chi connectivity index (χ0v) is 36.7. The number of methoxy groups -OCH3 is 1. The SMILES string of the molecule is CCn1c(-c2cnccc2COC)c2c3cc(ccc31)-c1cc(O)cc(c1)C[C@H](NC(=O)C(C(C)C)N(C)C(=O)C1(C)COC1)C(=O)N1CCC[C@H](N1)C(=O)OCC(C)(C)C2. The molecule has 7 rings (SSSR count). The number of aryl methyl sites for hydroxylation is 1. The number of aromatic hydroxyl groups is 1. The highest BCUT2D eigenvalue weighted by molar-refractivity contribution is 5.96. The molecule has 14 nitrogen and oxygen atoms in total. The number of rotatable bonds is 9. The Morgan fingerprint density at radius 1 is 1.08 bits per heavy atom. The van der Waals surface area contributed by atoms with Crippen LogP contribution in [0.4, 0.5) is 0 Å². The number of esters is 1. The number of hydrogen-bond acceptors (Lipinski definition) is 10. The van der Waals surface area contributed by atoms with E-state index in [0.717, 1.165) is 44.4 Å². The number of likely N-dealkylation sites (N-methyl/N-ethyl adjacent to an activating group) is 1. The molecule has 0 aliphatic carbocycles. The van der Waals surface area contributed by atoms with Gasteiger partial charge in [-0.2, -0.15) is 0 Å². The van der Waals surface area contributed by atoms with Crippen LogP contribution in [0.3, 0.4) is 0 Å². The van der Waals surface area contributed by atoms with E-state index in [-0.39, 0.29) is 43.8 Å². The van der Waals surface area contributed by atoms with Gasteiger partial charge in [0.2, 0.25) is 11.8 Å². The highest BCUT2D eigenvalue weighted by Crippen LogP contribution is 2.41. The number of benzene rings is 2. The normalized spacial score (nSPS) is 20.7. The molecule has 326 valence electrons. The fourth-order valence-electron chi connectivity index (χ4n) is 9.20. The number of carbonyl (C=O) groups is 4. The maximum Gasteiger partial charge on any atom is 0.324 e. The Hall–Kier alpha value is -5.31. The Bertz CT molecular complexity index is 2320. The summed E-state index contributed by atoms with van der Waals surface area (Å²) < 4.78 is 19.3. The minimum absolute atomic E-state index is 0.00697. The lowest BCUT2D eigenvalue weighted by molar-refractivity contribution is -0.172. The fraction of sp³-hybridized carbons (Fsp3) is 0.511. The zero-order chi connectivity index (χ0) is 43.8. The summed E-state index contributed by atoms with van der Waals surface area (Å²) in [5, 5.41) is 16.7. The van der Waals surface area contributed by atoms with Crippen LogP contribution in [0.1, 0.15) is 71.1 Å². The lowest BCUT2D eigenvalue weighted by atomic mass is 9.84. The molecule has 14 heteroatoms. The third-order valence-electron chi connectivity index (χ3n) is 12.3. The van der Waals surface area contributed by atoms with Gasteiger partial charge in [0.15, 0.2) is 0 Å². The van der Waals surface area contributed by atoms with Gasteiger partial charge in [0.25, 0.3) is 5.91 Å². The average Bonchev–Trinajstić information content (AvgIpc) is 3.52. The Labute approximate surface area is 357 Å². The van der Waals surface area contributed by atoms with Crippen LogP contribution in [0.5, 0.6) is 5.75 Å². The van der Waals surface area contributed by atoms with E-state index in [0.29, 0.717) is 44.5 Å². The van der Waals surface area contributed by atoms with Crippen molar-refractivity contribution in [1.29, 1.82) is 0 Å². The topological polar surface area (TPSA) is 165 Å². The number of nitrogens with one attached hydrogen (secondary N) is 2. The first-order valence-electron chi connectivity index (χ1n) is 21.3. The Morgan fingerprint density at radius 2 is 1.85 bits per heavy atom. The molecule has 5 heterocycles. The van der Waals surface area contributed by atoms with Gasteiger partial charge in [0, 0.05) is 67.9 Å². The molecule has 0 radical (unpaired) electrons. The quantitative estimate of drug-likeness (QED) is 0.186. The minimum atomic E-state index is -1.12. The maximum atomic E-state index is 14.6. The molecule has 2 aromatic carbocycles. The number of nitrogens with zero attached hydrogens (tertiary/aromatic N) is 4. The van der Waals surface area contributed by atoms with Gasteiger partial charge >= 0.3 is 5.97 Å². The van der Waals surface area contributed by atoms with E-state index in [4.69, 9.17) is 14.2 Å². The van der Waals surface area contributed by atoms with Gasteiger partial charge in [-0.05, 0) is 97.2 Å². The third-order valence-corrected chi connectivity index (χ3v) is 12.3. The number of aromatic nitrogens is 2. The van der Waals surface area contributed by atoms with Crippen LogP contribution in [-0.4, -0.2) is 107 Å². The van der Waals surface area contributed by atoms with Crippen LogP contribution >= 0.6 is 0 Å². The molecule has 3 atom stereocenters. The number of carbonyl (C=O) groups excluding carboxylic acids is 4. The number of cyclic esters (lactones) is 1. The summed E-state index contributed by atoms with van der Waals surface area (Å²) in [6.07, 6.45) is 5.22. The number of pyridine rings is 1. The Kier molecular flexibility index (Phi) is 12.6. The second kappa shape index (κ2) is 17.6. The first-order chi connectivity index (χ1) is 29.0. The second-order valence-corrected chi connectivity index (χ2v) is 18.3. The molecule has 3 aliphatic heterocycles. The van der Waals surface area contributed by atoms with Crippen molar-refractivity contribution in [2.45, 2.75) is 98.5 Å². The van der Waals surface area contributed by atoms with Crippen molar-refractivity contribution in [3.63, 3.8) is 0 Å². The Morgan fingerprint density at radius 3 is 2.54 bits per heavy atom. The first kappa shape index (κ1) is 43.8. The summed E-state index contributed by atoms with van der Waals surface area (Å²) >= 11 is 0. The summed E-state index contributed by atoms with van der Waals surface area (Å²) in [6, 6.07) is 10.7. The Balaban J connectivity index is 1.34. The van der Waals surface area contributed by atoms with Crippen LogP contribution < -0.4 is 10.7 Å². The van der Waals surface area contributed by atoms with Gasteiger partial charge in [0.1, 0.15) is 23.9 Å². The largest absolute Gasteiger partial charge is 0.508 e. The molecule has 0 saturated carbocycles. The molecule has 3 N–H and O–H groups in total. The summed E-state index contributed by atoms with van der Waals surface area (Å²) in [7, 11) is 3.29. The molecule has 2 fully saturated rings. The van der Waals surface area contributed by atoms with Crippen LogP contribution in [0.15, 0.2) is 54.9 Å². The van der Waals surface area contributed by atoms with Gasteiger partial charge in [-0.1, -0.05) is 39.8 Å². The number of phenols is 1. The molecule has 2 saturated heterocycles. The maximum absolute atomic E-state index is 14.6. The standard InChI is InChI=1S/C47H60N6O8/c1-9-52-39-13-12-30-21-34(39)35(41(52)36-23-48-15-14-31(36)24-59-8)22-46(4,5)25-61-44(57)37-11-10-16-53(50-37)43(56)38(19-29-17-32(30)20-33(54)18-29)49-42(55)40(28(2)3)51(7)45(58)47(6)26-60-27-47/h12-15,17-18,20-21,23,28,37-38,40,50,54H,9-11,16,19,22,24-27H2,1-8H3,(H,49,55)/t37-,38-,40?/m0/s1. The van der Waals surface area contributed by atoms with Crippen molar-refractivity contribution in [1.82, 2.24) is 30.2 Å². The molecular weight excluding hydrogens is 777 g/mol. The highest BCUT2D eigenvalue weighted by atomic mass is 16.5. The van der Waals surface area contributed by atoms with Crippen molar-refractivity contribution in [3.05, 3.63) is 71.5 Å². The average molecular weight is 837 g/mol. The summed E-state index contributed by atoms with van der Waals surface area (Å²) in [5.74, 6) is -1.89. The van der Waals surface area contributed by atoms with E-state index in [1.165, 1.54) is 9.91 Å². The molecular formula is C47H60N6O8. The number of hydrogen-bond donors (Lipinski definition) is 3. The second-order valence-electron chi connectivity index (χ2n) is 18.3. The van der Waals surface area contributed by atoms with Crippen molar-refractivity contribution in [3.8, 4) is 28.1 Å². The monoisotopic (exact) mass is 836 g/mol. The molecule has 3 amide bonds. The minimum Gasteiger partial charge on any atom is -0.508 e. The van der Waals surface area contributed by atoms with Crippen LogP contribution in [0, 0.1) is 16.7 Å². The smallest absolute Gasteiger partial charge is 0.324 e. The molecule has 6 bridgehead atoms. The van der Waals surface area contributed by atoms with E-state index >= 15 is 0 Å². The number of fused-ring (bicyclic) bond motifs is 6. The molecule has 3 aliphatic rings. The lowest BCUT2D eigenvalue weighted by Gasteiger charge is -2.42. The number of amides is 3. The van der Waals surface area contributed by atoms with E-state index in [2.05, 4.69) is 53.2 Å². The third kappa shape index (κ3) is 8.89. The van der Waals surface area contributed by atoms with Gasteiger partial charge in [0.05, 0.1) is 37.5 Å². The van der Waals surface area contributed by atoms with E-state index in [9.17, 15) is 24.3 Å². The van der Waals surface area contributed by atoms with Crippen LogP contribution in [-0.2, 0) is 59.4 Å². The van der Waals surface area contributed by atoms with Crippen molar-refractivity contribution < 1.29 is 38.5 Å². The van der Waals surface area contributed by atoms with Crippen molar-refractivity contribution in [2.75, 3.05) is 40.5 Å². The predicted octanol–water partition coefficient (Wildman–Crippen LogP) is 5.41. The lowest BCUT2D eigenvalue weighted by Crippen LogP contribution is -2.63. The van der Waals surface area contributed by atoms with Crippen molar-refractivity contribution >= 4 is 34.6 Å². The fourth-order valence-corrected chi connectivity index (χ4v) is 9.20. The number of ether oxygens (including phenoxy) is 3. The highest BCUT2D eigenvalue weighted by Gasteiger charge is 2.46. The molecule has 0 spiro atoms. The molecule has 2 aromatic heterocycles. The first-order valence-corrected chi connectivity index (χ1v) is 21.3. The van der Waals surface area contributed by atoms with Gasteiger partial charge in [-0.15, -0.1) is 0 Å². The number of phenolic OH excluding ortho intramolecular Hbond substituents is 1. The van der Waals surface area contributed by atoms with E-state index in [1.54, 1.807) is 32.5 Å². The van der Waals surface area contributed by atoms with Crippen LogP contribution in [0.25, 0.3) is 33.3 Å². The molecule has 1 unspecified atom stereocenters. The van der Waals surface area contributed by atoms with Crippen molar-refractivity contribution in [2.24, 2.45) is 16.7 Å². The van der Waals surface area contributed by atoms with Gasteiger partial charge in [-0.3, -0.25) is 29.2 Å². The summed E-state index contributed by atoms with van der Waals surface area (Å²) in [5.41, 5.74) is 9.13. The molecule has 4 aromatic rings. The van der Waals surface area contributed by atoms with Gasteiger partial charge in [-0.25, -0.2) is 5.43 Å². The van der Waals surface area contributed by atoms with Gasteiger partial charge < -0.3 is 34.1 Å². The number of hydrazine groups is 1. The summed E-state index contributed by atoms with van der Waals surface area (Å²) in [6.45, 7) is 13.9. The molecule has 61 heavy (non-hydrogen) atoms.